The minimum Gasteiger partial charge on any atom is -0.393 e. The van der Waals surface area contributed by atoms with Gasteiger partial charge >= 0.3 is 0 Å². The Morgan fingerprint density at radius 3 is 2.50 bits per heavy atom. The Bertz CT molecular complexity index is 442. The second-order valence-corrected chi connectivity index (χ2v) is 5.13. The zero-order valence-corrected chi connectivity index (χ0v) is 11.9. The molecule has 2 atom stereocenters. The summed E-state index contributed by atoms with van der Waals surface area (Å²) in [7, 11) is 1.82. The fraction of sp³-hybridized carbons (Fsp3) is 0.636. The van der Waals surface area contributed by atoms with Crippen LogP contribution >= 0.6 is 12.2 Å². The van der Waals surface area contributed by atoms with Crippen LogP contribution in [0.2, 0.25) is 0 Å². The molecule has 0 saturated heterocycles. The van der Waals surface area contributed by atoms with Gasteiger partial charge in [0.15, 0.2) is 5.82 Å². The van der Waals surface area contributed by atoms with Crippen molar-refractivity contribution in [1.82, 2.24) is 20.1 Å². The number of aryl methyl sites for hydroxylation is 1. The average Bonchev–Trinajstić information content (AvgIpc) is 2.62. The van der Waals surface area contributed by atoms with Crippen molar-refractivity contribution in [3.63, 3.8) is 0 Å². The Kier molecular flexibility index (Phi) is 4.77. The van der Waals surface area contributed by atoms with Crippen LogP contribution in [0.4, 0.5) is 0 Å². The van der Waals surface area contributed by atoms with E-state index in [9.17, 15) is 4.79 Å². The van der Waals surface area contributed by atoms with Crippen LogP contribution in [0.5, 0.6) is 0 Å². The molecule has 0 aromatic carbocycles. The maximum Gasteiger partial charge on any atom is 0.230 e. The molecule has 1 aromatic rings. The topological polar surface area (TPSA) is 85.8 Å². The van der Waals surface area contributed by atoms with E-state index in [0.29, 0.717) is 5.82 Å². The molecule has 1 heterocycles. The van der Waals surface area contributed by atoms with E-state index < -0.39 is 5.92 Å². The molecule has 0 saturated carbocycles. The summed E-state index contributed by atoms with van der Waals surface area (Å²) in [5.74, 6) is 0.117. The highest BCUT2D eigenvalue weighted by Gasteiger charge is 2.27. The summed E-state index contributed by atoms with van der Waals surface area (Å²) in [6.45, 7) is 5.67. The number of carbonyl (C=O) groups is 1. The Morgan fingerprint density at radius 2 is 2.11 bits per heavy atom. The van der Waals surface area contributed by atoms with E-state index in [1.807, 2.05) is 27.8 Å². The quantitative estimate of drug-likeness (QED) is 0.762. The third-order valence-corrected chi connectivity index (χ3v) is 3.00. The van der Waals surface area contributed by atoms with Gasteiger partial charge < -0.3 is 15.6 Å². The lowest BCUT2D eigenvalue weighted by Crippen LogP contribution is -2.42. The minimum absolute atomic E-state index is 0.0641. The highest BCUT2D eigenvalue weighted by atomic mass is 32.1. The fourth-order valence-corrected chi connectivity index (χ4v) is 2.19. The van der Waals surface area contributed by atoms with E-state index in [2.05, 4.69) is 15.5 Å². The van der Waals surface area contributed by atoms with E-state index in [0.717, 1.165) is 0 Å². The number of rotatable bonds is 5. The van der Waals surface area contributed by atoms with Crippen LogP contribution in [-0.2, 0) is 11.8 Å². The van der Waals surface area contributed by atoms with Crippen molar-refractivity contribution in [1.29, 1.82) is 0 Å². The highest BCUT2D eigenvalue weighted by molar-refractivity contribution is 7.80. The lowest BCUT2D eigenvalue weighted by molar-refractivity contribution is -0.124. The van der Waals surface area contributed by atoms with Gasteiger partial charge in [-0.15, -0.1) is 10.2 Å². The first-order valence-corrected chi connectivity index (χ1v) is 6.19. The summed E-state index contributed by atoms with van der Waals surface area (Å²) in [6.07, 6.45) is 1.59. The predicted molar refractivity (Wildman–Crippen MR) is 72.7 cm³/mol. The van der Waals surface area contributed by atoms with Gasteiger partial charge in [0.1, 0.15) is 6.33 Å². The number of hydrogen-bond donors (Lipinski definition) is 2. The second kappa shape index (κ2) is 5.90. The third-order valence-electron chi connectivity index (χ3n) is 2.75. The van der Waals surface area contributed by atoms with Gasteiger partial charge in [-0.2, -0.15) is 0 Å². The van der Waals surface area contributed by atoms with Crippen molar-refractivity contribution in [2.24, 2.45) is 24.6 Å². The first kappa shape index (κ1) is 14.6. The number of nitrogens with one attached hydrogen (secondary N) is 1. The van der Waals surface area contributed by atoms with Gasteiger partial charge in [-0.25, -0.2) is 0 Å². The predicted octanol–water partition coefficient (Wildman–Crippen LogP) is 0.551. The number of hydrogen-bond acceptors (Lipinski definition) is 4. The standard InChI is InChI=1S/C11H19N5OS/c1-6(2)8(9(12)18)11(17)14-7(3)10-15-13-5-16(10)4/h5-8H,1-4H3,(H2,12,18)(H,14,17). The second-order valence-electron chi connectivity index (χ2n) is 4.65. The lowest BCUT2D eigenvalue weighted by Gasteiger charge is -2.21. The molecule has 0 fully saturated rings. The number of nitrogens with zero attached hydrogens (tertiary/aromatic N) is 3. The van der Waals surface area contributed by atoms with Gasteiger partial charge in [-0.05, 0) is 12.8 Å². The maximum absolute atomic E-state index is 12.1. The van der Waals surface area contributed by atoms with Crippen LogP contribution in [0.1, 0.15) is 32.6 Å². The molecule has 1 rings (SSSR count). The third kappa shape index (κ3) is 3.25. The summed E-state index contributed by atoms with van der Waals surface area (Å²) in [4.78, 5) is 12.3. The molecule has 7 heteroatoms. The maximum atomic E-state index is 12.1. The molecule has 3 N–H and O–H groups in total. The Labute approximate surface area is 112 Å². The van der Waals surface area contributed by atoms with Crippen LogP contribution in [0, 0.1) is 11.8 Å². The van der Waals surface area contributed by atoms with Gasteiger partial charge in [-0.1, -0.05) is 26.1 Å². The van der Waals surface area contributed by atoms with Crippen LogP contribution in [0.3, 0.4) is 0 Å². The molecule has 1 aromatic heterocycles. The molecule has 0 bridgehead atoms. The molecular weight excluding hydrogens is 250 g/mol. The Hall–Kier alpha value is -1.50. The van der Waals surface area contributed by atoms with E-state index in [1.54, 1.807) is 10.9 Å². The highest BCUT2D eigenvalue weighted by Crippen LogP contribution is 2.14. The summed E-state index contributed by atoms with van der Waals surface area (Å²) in [5, 5.41) is 10.6. The van der Waals surface area contributed by atoms with Crippen LogP contribution in [-0.4, -0.2) is 25.7 Å². The average molecular weight is 269 g/mol. The van der Waals surface area contributed by atoms with E-state index >= 15 is 0 Å². The van der Waals surface area contributed by atoms with Gasteiger partial charge in [0, 0.05) is 7.05 Å². The number of amides is 1. The SMILES string of the molecule is CC(NC(=O)C(C(N)=S)C(C)C)c1nncn1C. The molecular formula is C11H19N5OS. The molecule has 100 valence electrons. The van der Waals surface area contributed by atoms with Crippen molar-refractivity contribution in [2.75, 3.05) is 0 Å². The minimum atomic E-state index is -0.462. The van der Waals surface area contributed by atoms with Gasteiger partial charge in [0.2, 0.25) is 5.91 Å². The monoisotopic (exact) mass is 269 g/mol. The first-order chi connectivity index (χ1) is 8.34. The number of nitrogens with two attached hydrogens (primary N) is 1. The smallest absolute Gasteiger partial charge is 0.230 e. The van der Waals surface area contributed by atoms with E-state index in [4.69, 9.17) is 18.0 Å². The number of aromatic nitrogens is 3. The molecule has 1 amide bonds. The van der Waals surface area contributed by atoms with Crippen LogP contribution in [0.25, 0.3) is 0 Å². The summed E-state index contributed by atoms with van der Waals surface area (Å²) in [6, 6.07) is -0.236. The van der Waals surface area contributed by atoms with Crippen molar-refractivity contribution >= 4 is 23.1 Å². The first-order valence-electron chi connectivity index (χ1n) is 5.78. The molecule has 0 aliphatic carbocycles. The van der Waals surface area contributed by atoms with E-state index in [1.165, 1.54) is 0 Å². The molecule has 0 radical (unpaired) electrons. The van der Waals surface area contributed by atoms with E-state index in [-0.39, 0.29) is 22.9 Å². The zero-order chi connectivity index (χ0) is 13.9. The van der Waals surface area contributed by atoms with Gasteiger partial charge in [0.25, 0.3) is 0 Å². The molecule has 0 spiro atoms. The number of carbonyl (C=O) groups excluding carboxylic acids is 1. The number of thiocarbonyl (C=S) groups is 1. The summed E-state index contributed by atoms with van der Waals surface area (Å²) >= 11 is 4.93. The Balaban J connectivity index is 2.75. The van der Waals surface area contributed by atoms with Crippen LogP contribution < -0.4 is 11.1 Å². The normalized spacial score (nSPS) is 14.3. The molecule has 0 aliphatic heterocycles. The molecule has 6 nitrogen and oxygen atoms in total. The fourth-order valence-electron chi connectivity index (χ4n) is 1.81. The van der Waals surface area contributed by atoms with Crippen molar-refractivity contribution in [3.05, 3.63) is 12.2 Å². The molecule has 2 unspecified atom stereocenters. The zero-order valence-electron chi connectivity index (χ0n) is 11.0. The van der Waals surface area contributed by atoms with Crippen molar-refractivity contribution in [3.8, 4) is 0 Å². The molecule has 0 aliphatic rings. The van der Waals surface area contributed by atoms with Gasteiger partial charge in [0.05, 0.1) is 16.9 Å². The van der Waals surface area contributed by atoms with Crippen LogP contribution in [0.15, 0.2) is 6.33 Å². The Morgan fingerprint density at radius 1 is 1.50 bits per heavy atom. The lowest BCUT2D eigenvalue weighted by atomic mass is 9.94. The van der Waals surface area contributed by atoms with Crippen molar-refractivity contribution < 1.29 is 4.79 Å². The summed E-state index contributed by atoms with van der Waals surface area (Å²) in [5.41, 5.74) is 5.60. The van der Waals surface area contributed by atoms with Gasteiger partial charge in [-0.3, -0.25) is 4.79 Å². The summed E-state index contributed by atoms with van der Waals surface area (Å²) < 4.78 is 1.76. The largest absolute Gasteiger partial charge is 0.393 e. The molecule has 18 heavy (non-hydrogen) atoms. The van der Waals surface area contributed by atoms with Crippen molar-refractivity contribution in [2.45, 2.75) is 26.8 Å².